The van der Waals surface area contributed by atoms with Gasteiger partial charge in [0, 0.05) is 47.2 Å². The monoisotopic (exact) mass is 477 g/mol. The minimum Gasteiger partial charge on any atom is -0.479 e. The van der Waals surface area contributed by atoms with Crippen LogP contribution in [0.4, 0.5) is 4.39 Å². The average Bonchev–Trinajstić information content (AvgIpc) is 3.55. The number of carbonyl (C=O) groups is 1. The molecule has 35 heavy (non-hydrogen) atoms. The van der Waals surface area contributed by atoms with E-state index in [1.807, 2.05) is 12.1 Å². The molecule has 2 aliphatic rings. The van der Waals surface area contributed by atoms with Crippen LogP contribution in [0.25, 0.3) is 27.5 Å². The first kappa shape index (κ1) is 22.2. The number of fused-ring (bicyclic) bond motifs is 2. The van der Waals surface area contributed by atoms with E-state index in [4.69, 9.17) is 9.47 Å². The van der Waals surface area contributed by atoms with Crippen LogP contribution in [0, 0.1) is 12.7 Å². The Morgan fingerprint density at radius 3 is 2.74 bits per heavy atom. The molecule has 2 atom stereocenters. The molecule has 4 heterocycles. The fraction of sp³-hybridized carbons (Fsp3) is 0.407. The summed E-state index contributed by atoms with van der Waals surface area (Å²) in [5, 5.41) is 19.1. The van der Waals surface area contributed by atoms with Crippen molar-refractivity contribution in [3.8, 4) is 5.69 Å². The van der Waals surface area contributed by atoms with Gasteiger partial charge in [-0.2, -0.15) is 5.10 Å². The Morgan fingerprint density at radius 1 is 1.23 bits per heavy atom. The topological polar surface area (TPSA) is 89.4 Å². The highest BCUT2D eigenvalue weighted by Crippen LogP contribution is 2.47. The summed E-state index contributed by atoms with van der Waals surface area (Å²) in [6.07, 6.45) is 3.93. The zero-order chi connectivity index (χ0) is 24.3. The van der Waals surface area contributed by atoms with Gasteiger partial charge in [0.1, 0.15) is 5.82 Å². The highest BCUT2D eigenvalue weighted by Gasteiger charge is 2.45. The van der Waals surface area contributed by atoms with Crippen LogP contribution in [0.15, 0.2) is 36.5 Å². The first-order valence-corrected chi connectivity index (χ1v) is 12.1. The Bertz CT molecular complexity index is 1450. The zero-order valence-electron chi connectivity index (χ0n) is 19.8. The van der Waals surface area contributed by atoms with Crippen LogP contribution in [0.1, 0.15) is 54.8 Å². The SMILES string of the molecule is Cc1cc(-n2c(C3CCOCC3)c([C@@H]3CO[C@](C)(C(=O)O)C3)c3cc4[nH]ncc4cc32)ccc1F. The number of hydrogen-bond acceptors (Lipinski definition) is 4. The summed E-state index contributed by atoms with van der Waals surface area (Å²) >= 11 is 0. The van der Waals surface area contributed by atoms with Crippen molar-refractivity contribution < 1.29 is 23.8 Å². The Hall–Kier alpha value is -3.23. The Morgan fingerprint density at radius 2 is 2.03 bits per heavy atom. The molecule has 2 aromatic heterocycles. The number of aromatic amines is 1. The molecule has 0 bridgehead atoms. The summed E-state index contributed by atoms with van der Waals surface area (Å²) in [6, 6.07) is 9.44. The van der Waals surface area contributed by atoms with Gasteiger partial charge in [-0.05, 0) is 74.6 Å². The number of carboxylic acids is 1. The molecule has 6 rings (SSSR count). The van der Waals surface area contributed by atoms with Gasteiger partial charge in [-0.15, -0.1) is 0 Å². The third-order valence-corrected chi connectivity index (χ3v) is 7.71. The fourth-order valence-electron chi connectivity index (χ4n) is 5.82. The molecule has 2 aromatic carbocycles. The van der Waals surface area contributed by atoms with Gasteiger partial charge in [0.05, 0.1) is 23.8 Å². The lowest BCUT2D eigenvalue weighted by Crippen LogP contribution is -2.34. The van der Waals surface area contributed by atoms with E-state index in [1.54, 1.807) is 20.0 Å². The summed E-state index contributed by atoms with van der Waals surface area (Å²) in [4.78, 5) is 12.0. The van der Waals surface area contributed by atoms with Crippen molar-refractivity contribution in [1.29, 1.82) is 0 Å². The van der Waals surface area contributed by atoms with Gasteiger partial charge in [-0.25, -0.2) is 9.18 Å². The van der Waals surface area contributed by atoms with Crippen LogP contribution in [-0.2, 0) is 14.3 Å². The number of carboxylic acid groups (broad SMARTS) is 1. The molecule has 0 amide bonds. The van der Waals surface area contributed by atoms with Crippen molar-refractivity contribution in [3.05, 3.63) is 59.2 Å². The number of ether oxygens (including phenoxy) is 2. The summed E-state index contributed by atoms with van der Waals surface area (Å²) < 4.78 is 28.1. The fourth-order valence-corrected chi connectivity index (χ4v) is 5.82. The van der Waals surface area contributed by atoms with E-state index in [0.717, 1.165) is 51.6 Å². The molecule has 0 unspecified atom stereocenters. The Labute approximate surface area is 201 Å². The van der Waals surface area contributed by atoms with E-state index in [0.29, 0.717) is 31.8 Å². The number of H-pyrrole nitrogens is 1. The van der Waals surface area contributed by atoms with Crippen molar-refractivity contribution in [3.63, 3.8) is 0 Å². The Kier molecular flexibility index (Phi) is 5.19. The number of benzene rings is 2. The molecule has 2 aliphatic heterocycles. The predicted molar refractivity (Wildman–Crippen MR) is 130 cm³/mol. The van der Waals surface area contributed by atoms with Gasteiger partial charge < -0.3 is 19.1 Å². The molecule has 2 N–H and O–H groups in total. The van der Waals surface area contributed by atoms with Gasteiger partial charge in [0.25, 0.3) is 0 Å². The second kappa shape index (κ2) is 8.17. The summed E-state index contributed by atoms with van der Waals surface area (Å²) in [5.74, 6) is -1.04. The third kappa shape index (κ3) is 3.54. The molecule has 4 aromatic rings. The third-order valence-electron chi connectivity index (χ3n) is 7.71. The van der Waals surface area contributed by atoms with Gasteiger partial charge in [-0.1, -0.05) is 0 Å². The molecule has 0 aliphatic carbocycles. The Balaban J connectivity index is 1.67. The second-order valence-corrected chi connectivity index (χ2v) is 10.0. The van der Waals surface area contributed by atoms with Gasteiger partial charge >= 0.3 is 5.97 Å². The van der Waals surface area contributed by atoms with E-state index in [2.05, 4.69) is 26.9 Å². The number of rotatable bonds is 4. The average molecular weight is 478 g/mol. The lowest BCUT2D eigenvalue weighted by Gasteiger charge is -2.27. The lowest BCUT2D eigenvalue weighted by molar-refractivity contribution is -0.157. The first-order chi connectivity index (χ1) is 16.9. The molecule has 7 nitrogen and oxygen atoms in total. The number of aryl methyl sites for hydroxylation is 1. The van der Waals surface area contributed by atoms with Crippen molar-refractivity contribution in [1.82, 2.24) is 14.8 Å². The maximum atomic E-state index is 14.3. The molecular weight excluding hydrogens is 449 g/mol. The summed E-state index contributed by atoms with van der Waals surface area (Å²) in [7, 11) is 0. The highest BCUT2D eigenvalue weighted by molar-refractivity contribution is 5.99. The van der Waals surface area contributed by atoms with Crippen LogP contribution >= 0.6 is 0 Å². The number of aromatic nitrogens is 3. The van der Waals surface area contributed by atoms with Crippen LogP contribution in [0.2, 0.25) is 0 Å². The molecule has 182 valence electrons. The molecule has 0 radical (unpaired) electrons. The van der Waals surface area contributed by atoms with E-state index in [1.165, 1.54) is 6.07 Å². The molecule has 8 heteroatoms. The molecule has 2 saturated heterocycles. The maximum absolute atomic E-state index is 14.3. The molecule has 0 spiro atoms. The van der Waals surface area contributed by atoms with Crippen molar-refractivity contribution >= 4 is 27.8 Å². The number of hydrogen-bond donors (Lipinski definition) is 2. The van der Waals surface area contributed by atoms with Crippen molar-refractivity contribution in [2.45, 2.75) is 50.5 Å². The molecular formula is C27H28FN3O4. The smallest absolute Gasteiger partial charge is 0.335 e. The van der Waals surface area contributed by atoms with Crippen LogP contribution in [0.3, 0.4) is 0 Å². The van der Waals surface area contributed by atoms with Crippen LogP contribution in [-0.4, -0.2) is 51.3 Å². The van der Waals surface area contributed by atoms with E-state index in [-0.39, 0.29) is 17.7 Å². The van der Waals surface area contributed by atoms with Gasteiger partial charge in [-0.3, -0.25) is 5.10 Å². The van der Waals surface area contributed by atoms with Gasteiger partial charge in [0.15, 0.2) is 5.60 Å². The van der Waals surface area contributed by atoms with E-state index < -0.39 is 11.6 Å². The van der Waals surface area contributed by atoms with Crippen molar-refractivity contribution in [2.75, 3.05) is 19.8 Å². The number of halogens is 1. The standard InChI is InChI=1S/C27H28FN3O4/c1-15-9-19(3-4-21(15)28)31-23-10-17-13-29-30-22(17)11-20(23)24(25(31)16-5-7-34-8-6-16)18-12-27(2,26(32)33)35-14-18/h3-4,9-11,13,16,18H,5-8,12,14H2,1-2H3,(H,29,30)(H,32,33)/t18-,27-/m0/s1. The van der Waals surface area contributed by atoms with Gasteiger partial charge in [0.2, 0.25) is 0 Å². The summed E-state index contributed by atoms with van der Waals surface area (Å²) in [6.45, 7) is 5.11. The van der Waals surface area contributed by atoms with Crippen LogP contribution in [0.5, 0.6) is 0 Å². The zero-order valence-corrected chi connectivity index (χ0v) is 19.8. The highest BCUT2D eigenvalue weighted by atomic mass is 19.1. The van der Waals surface area contributed by atoms with Crippen LogP contribution < -0.4 is 0 Å². The normalized spacial score (nSPS) is 23.5. The molecule has 2 fully saturated rings. The van der Waals surface area contributed by atoms with E-state index in [9.17, 15) is 14.3 Å². The largest absolute Gasteiger partial charge is 0.479 e. The lowest BCUT2D eigenvalue weighted by atomic mass is 9.84. The first-order valence-electron chi connectivity index (χ1n) is 12.1. The summed E-state index contributed by atoms with van der Waals surface area (Å²) in [5.41, 5.74) is 4.44. The minimum absolute atomic E-state index is 0.0837. The van der Waals surface area contributed by atoms with Crippen molar-refractivity contribution in [2.24, 2.45) is 0 Å². The number of nitrogens with zero attached hydrogens (tertiary/aromatic N) is 2. The molecule has 0 saturated carbocycles. The number of aliphatic carboxylic acids is 1. The number of nitrogens with one attached hydrogen (secondary N) is 1. The quantitative estimate of drug-likeness (QED) is 0.422. The second-order valence-electron chi connectivity index (χ2n) is 10.0. The van der Waals surface area contributed by atoms with E-state index >= 15 is 0 Å². The predicted octanol–water partition coefficient (Wildman–Crippen LogP) is 5.20. The minimum atomic E-state index is -1.23. The maximum Gasteiger partial charge on any atom is 0.335 e.